The molecule has 1 saturated carbocycles. The van der Waals surface area contributed by atoms with Crippen molar-refractivity contribution in [3.05, 3.63) is 0 Å². The number of aliphatic hydroxyl groups is 2. The zero-order valence-corrected chi connectivity index (χ0v) is 8.70. The Morgan fingerprint density at radius 1 is 1.31 bits per heavy atom. The molecule has 1 aliphatic heterocycles. The van der Waals surface area contributed by atoms with E-state index in [4.69, 9.17) is 10.9 Å². The fraction of sp³-hybridized carbons (Fsp3) is 0.778. The maximum Gasteiger partial charge on any atom is 0.236 e. The zero-order chi connectivity index (χ0) is 11.9. The van der Waals surface area contributed by atoms with E-state index < -0.39 is 17.6 Å². The van der Waals surface area contributed by atoms with Crippen molar-refractivity contribution in [1.29, 1.82) is 0 Å². The molecule has 0 aromatic rings. The third-order valence-corrected chi connectivity index (χ3v) is 3.30. The molecule has 5 N–H and O–H groups in total. The molecule has 1 heterocycles. The largest absolute Gasteiger partial charge is 0.409 e. The van der Waals surface area contributed by atoms with E-state index in [9.17, 15) is 15.0 Å². The van der Waals surface area contributed by atoms with E-state index in [0.717, 1.165) is 0 Å². The quantitative estimate of drug-likeness (QED) is 0.190. The first-order valence-electron chi connectivity index (χ1n) is 5.15. The van der Waals surface area contributed by atoms with E-state index in [1.54, 1.807) is 0 Å². The Kier molecular flexibility index (Phi) is 2.51. The molecule has 1 amide bonds. The van der Waals surface area contributed by atoms with Crippen LogP contribution in [-0.4, -0.2) is 57.4 Å². The Morgan fingerprint density at radius 3 is 2.19 bits per heavy atom. The molecule has 2 unspecified atom stereocenters. The second kappa shape index (κ2) is 3.60. The van der Waals surface area contributed by atoms with Gasteiger partial charge in [-0.3, -0.25) is 4.79 Å². The average molecular weight is 229 g/mol. The molecular weight excluding hydrogens is 214 g/mol. The Morgan fingerprint density at radius 2 is 1.81 bits per heavy atom. The van der Waals surface area contributed by atoms with Gasteiger partial charge in [-0.1, -0.05) is 5.16 Å². The molecule has 2 rings (SSSR count). The number of oxime groups is 1. The number of carbonyl (C=O) groups excluding carboxylic acids is 1. The minimum absolute atomic E-state index is 0.0895. The van der Waals surface area contributed by atoms with Crippen LogP contribution >= 0.6 is 0 Å². The first kappa shape index (κ1) is 11.2. The Hall–Kier alpha value is -1.34. The third-order valence-electron chi connectivity index (χ3n) is 3.30. The van der Waals surface area contributed by atoms with E-state index in [1.165, 1.54) is 4.90 Å². The van der Waals surface area contributed by atoms with Crippen molar-refractivity contribution in [1.82, 2.24) is 4.90 Å². The molecule has 2 fully saturated rings. The van der Waals surface area contributed by atoms with Gasteiger partial charge in [0.1, 0.15) is 5.41 Å². The second-order valence-corrected chi connectivity index (χ2v) is 4.41. The van der Waals surface area contributed by atoms with Gasteiger partial charge in [0, 0.05) is 13.1 Å². The highest BCUT2D eigenvalue weighted by atomic mass is 16.4. The minimum atomic E-state index is -0.910. The molecule has 7 nitrogen and oxygen atoms in total. The van der Waals surface area contributed by atoms with Crippen molar-refractivity contribution in [2.45, 2.75) is 25.0 Å². The summed E-state index contributed by atoms with van der Waals surface area (Å²) >= 11 is 0. The molecule has 1 aliphatic carbocycles. The number of rotatable bonds is 2. The summed E-state index contributed by atoms with van der Waals surface area (Å²) in [5.41, 5.74) is 4.57. The molecule has 90 valence electrons. The fourth-order valence-corrected chi connectivity index (χ4v) is 2.04. The molecular formula is C9H15N3O4. The number of amides is 1. The lowest BCUT2D eigenvalue weighted by molar-refractivity contribution is -0.134. The maximum atomic E-state index is 12.1. The van der Waals surface area contributed by atoms with Gasteiger partial charge in [0.05, 0.1) is 12.2 Å². The third kappa shape index (κ3) is 1.52. The predicted octanol–water partition coefficient (Wildman–Crippen LogP) is -1.92. The molecule has 1 saturated heterocycles. The van der Waals surface area contributed by atoms with Gasteiger partial charge in [-0.2, -0.15) is 0 Å². The number of β-amino-alcohol motifs (C(OH)–C–C–N with tert-alkyl or cyclic N) is 2. The monoisotopic (exact) mass is 229 g/mol. The van der Waals surface area contributed by atoms with Crippen molar-refractivity contribution >= 4 is 11.7 Å². The van der Waals surface area contributed by atoms with Gasteiger partial charge < -0.3 is 26.1 Å². The van der Waals surface area contributed by atoms with Crippen LogP contribution in [0.5, 0.6) is 0 Å². The topological polar surface area (TPSA) is 119 Å². The normalized spacial score (nSPS) is 32.9. The standard InChI is InChI=1S/C9H15N3O4/c10-7(11-16)9(1-2-9)8(15)12-3-5(13)6(14)4-12/h5-6,13-14,16H,1-4H2,(H2,10,11). The summed E-state index contributed by atoms with van der Waals surface area (Å²) in [6, 6.07) is 0. The Labute approximate surface area is 92.1 Å². The molecule has 16 heavy (non-hydrogen) atoms. The van der Waals surface area contributed by atoms with Gasteiger partial charge in [-0.25, -0.2) is 0 Å². The van der Waals surface area contributed by atoms with Gasteiger partial charge in [0.15, 0.2) is 5.84 Å². The van der Waals surface area contributed by atoms with Crippen molar-refractivity contribution in [3.63, 3.8) is 0 Å². The van der Waals surface area contributed by atoms with E-state index in [2.05, 4.69) is 5.16 Å². The first-order chi connectivity index (χ1) is 7.51. The molecule has 0 bridgehead atoms. The molecule has 0 aromatic heterocycles. The first-order valence-corrected chi connectivity index (χ1v) is 5.15. The van der Waals surface area contributed by atoms with Crippen LogP contribution in [0.4, 0.5) is 0 Å². The predicted molar refractivity (Wildman–Crippen MR) is 53.7 cm³/mol. The van der Waals surface area contributed by atoms with Gasteiger partial charge >= 0.3 is 0 Å². The van der Waals surface area contributed by atoms with E-state index >= 15 is 0 Å². The van der Waals surface area contributed by atoms with E-state index in [-0.39, 0.29) is 24.8 Å². The van der Waals surface area contributed by atoms with Crippen molar-refractivity contribution < 1.29 is 20.2 Å². The van der Waals surface area contributed by atoms with Gasteiger partial charge in [-0.05, 0) is 12.8 Å². The van der Waals surface area contributed by atoms with Gasteiger partial charge in [0.2, 0.25) is 5.91 Å². The Bertz CT molecular complexity index is 330. The average Bonchev–Trinajstić information content (AvgIpc) is 3.01. The van der Waals surface area contributed by atoms with E-state index in [0.29, 0.717) is 12.8 Å². The van der Waals surface area contributed by atoms with E-state index in [1.807, 2.05) is 0 Å². The molecule has 2 atom stereocenters. The highest BCUT2D eigenvalue weighted by Gasteiger charge is 2.57. The molecule has 0 spiro atoms. The Balaban J connectivity index is 2.10. The lowest BCUT2D eigenvalue weighted by Crippen LogP contribution is -2.43. The zero-order valence-electron chi connectivity index (χ0n) is 8.70. The summed E-state index contributed by atoms with van der Waals surface area (Å²) in [7, 11) is 0. The summed E-state index contributed by atoms with van der Waals surface area (Å²) in [5.74, 6) is -0.369. The highest BCUT2D eigenvalue weighted by Crippen LogP contribution is 2.47. The highest BCUT2D eigenvalue weighted by molar-refractivity contribution is 6.09. The van der Waals surface area contributed by atoms with Gasteiger partial charge in [-0.15, -0.1) is 0 Å². The molecule has 0 aromatic carbocycles. The van der Waals surface area contributed by atoms with Crippen molar-refractivity contribution in [2.24, 2.45) is 16.3 Å². The van der Waals surface area contributed by atoms with Crippen LogP contribution in [0.3, 0.4) is 0 Å². The van der Waals surface area contributed by atoms with Crippen LogP contribution < -0.4 is 5.73 Å². The molecule has 2 aliphatic rings. The number of aliphatic hydroxyl groups excluding tert-OH is 2. The maximum absolute atomic E-state index is 12.1. The number of likely N-dealkylation sites (tertiary alicyclic amines) is 1. The molecule has 7 heteroatoms. The van der Waals surface area contributed by atoms with Crippen molar-refractivity contribution in [2.75, 3.05) is 13.1 Å². The number of amidine groups is 1. The van der Waals surface area contributed by atoms with Crippen molar-refractivity contribution in [3.8, 4) is 0 Å². The summed E-state index contributed by atoms with van der Waals surface area (Å²) in [5, 5.41) is 30.2. The second-order valence-electron chi connectivity index (χ2n) is 4.41. The summed E-state index contributed by atoms with van der Waals surface area (Å²) in [4.78, 5) is 13.4. The van der Waals surface area contributed by atoms with Crippen LogP contribution in [0, 0.1) is 5.41 Å². The smallest absolute Gasteiger partial charge is 0.236 e. The van der Waals surface area contributed by atoms with Crippen LogP contribution in [0.25, 0.3) is 0 Å². The minimum Gasteiger partial charge on any atom is -0.409 e. The summed E-state index contributed by atoms with van der Waals surface area (Å²) in [6.45, 7) is 0.195. The number of hydrogen-bond donors (Lipinski definition) is 4. The number of nitrogens with two attached hydrogens (primary N) is 1. The van der Waals surface area contributed by atoms with Gasteiger partial charge in [0.25, 0.3) is 0 Å². The SMILES string of the molecule is NC(=NO)C1(C(=O)N2CC(O)C(O)C2)CC1. The molecule has 0 radical (unpaired) electrons. The number of carbonyl (C=O) groups is 1. The van der Waals surface area contributed by atoms with Crippen LogP contribution in [0.2, 0.25) is 0 Å². The number of nitrogens with zero attached hydrogens (tertiary/aromatic N) is 2. The van der Waals surface area contributed by atoms with Crippen LogP contribution in [0.1, 0.15) is 12.8 Å². The lowest BCUT2D eigenvalue weighted by Gasteiger charge is -2.21. The lowest BCUT2D eigenvalue weighted by atomic mass is 10.0. The summed E-state index contributed by atoms with van der Waals surface area (Å²) in [6.07, 6.45) is -0.728. The van der Waals surface area contributed by atoms with Crippen LogP contribution in [-0.2, 0) is 4.79 Å². The summed E-state index contributed by atoms with van der Waals surface area (Å²) < 4.78 is 0. The van der Waals surface area contributed by atoms with Crippen LogP contribution in [0.15, 0.2) is 5.16 Å². The number of hydrogen-bond acceptors (Lipinski definition) is 5. The fourth-order valence-electron chi connectivity index (χ4n) is 2.04.